The van der Waals surface area contributed by atoms with Gasteiger partial charge in [-0.1, -0.05) is 62.8 Å². The molecular weight excluding hydrogens is 292 g/mol. The summed E-state index contributed by atoms with van der Waals surface area (Å²) in [5.74, 6) is 0.632. The average molecular weight is 322 g/mol. The highest BCUT2D eigenvalue weighted by molar-refractivity contribution is 5.73. The number of aliphatic imine (C=N–C) groups is 1. The smallest absolute Gasteiger partial charge is 0.0470 e. The molecule has 1 atom stereocenters. The Morgan fingerprint density at radius 1 is 1.29 bits per heavy atom. The SMILES string of the molecule is C\C=C/C(=C\C=N\C)CN1C=CC=C(C=C/C=C\C(C)CC)C=C1. The van der Waals surface area contributed by atoms with E-state index in [4.69, 9.17) is 0 Å². The third-order valence-corrected chi connectivity index (χ3v) is 3.69. The van der Waals surface area contributed by atoms with Gasteiger partial charge >= 0.3 is 0 Å². The van der Waals surface area contributed by atoms with E-state index in [1.165, 1.54) is 17.6 Å². The van der Waals surface area contributed by atoms with Gasteiger partial charge in [-0.15, -0.1) is 0 Å². The predicted molar refractivity (Wildman–Crippen MR) is 108 cm³/mol. The van der Waals surface area contributed by atoms with Crippen LogP contribution in [0.15, 0.2) is 89.3 Å². The van der Waals surface area contributed by atoms with Crippen molar-refractivity contribution in [1.82, 2.24) is 4.90 Å². The van der Waals surface area contributed by atoms with Crippen molar-refractivity contribution in [2.75, 3.05) is 13.6 Å². The van der Waals surface area contributed by atoms with Crippen LogP contribution in [0.4, 0.5) is 0 Å². The molecule has 0 saturated heterocycles. The second-order valence-corrected chi connectivity index (χ2v) is 5.77. The molecule has 2 heteroatoms. The molecule has 0 bridgehead atoms. The minimum atomic E-state index is 0.632. The number of hydrogen-bond acceptors (Lipinski definition) is 2. The topological polar surface area (TPSA) is 15.6 Å². The normalized spacial score (nSPS) is 17.6. The number of nitrogens with zero attached hydrogens (tertiary/aromatic N) is 2. The first-order chi connectivity index (χ1) is 11.7. The molecule has 0 spiro atoms. The fourth-order valence-electron chi connectivity index (χ4n) is 2.08. The summed E-state index contributed by atoms with van der Waals surface area (Å²) in [6, 6.07) is 0. The van der Waals surface area contributed by atoms with Crippen LogP contribution in [0.25, 0.3) is 0 Å². The minimum absolute atomic E-state index is 0.632. The Hall–Kier alpha value is -2.35. The van der Waals surface area contributed by atoms with Crippen LogP contribution in [0, 0.1) is 5.92 Å². The van der Waals surface area contributed by atoms with Gasteiger partial charge in [0.25, 0.3) is 0 Å². The summed E-state index contributed by atoms with van der Waals surface area (Å²) < 4.78 is 0. The Labute approximate surface area is 147 Å². The van der Waals surface area contributed by atoms with E-state index in [0.717, 1.165) is 6.54 Å². The summed E-state index contributed by atoms with van der Waals surface area (Å²) in [5, 5.41) is 0. The lowest BCUT2D eigenvalue weighted by Gasteiger charge is -2.15. The van der Waals surface area contributed by atoms with Gasteiger partial charge in [0.1, 0.15) is 0 Å². The molecule has 2 nitrogen and oxygen atoms in total. The predicted octanol–water partition coefficient (Wildman–Crippen LogP) is 5.62. The van der Waals surface area contributed by atoms with Crippen molar-refractivity contribution >= 4 is 6.21 Å². The minimum Gasteiger partial charge on any atom is -0.350 e. The molecule has 1 unspecified atom stereocenters. The molecule has 0 aromatic heterocycles. The van der Waals surface area contributed by atoms with Crippen LogP contribution in [0.5, 0.6) is 0 Å². The fraction of sp³-hybridized carbons (Fsp3) is 0.318. The summed E-state index contributed by atoms with van der Waals surface area (Å²) >= 11 is 0. The fourth-order valence-corrected chi connectivity index (χ4v) is 2.08. The molecule has 24 heavy (non-hydrogen) atoms. The third kappa shape index (κ3) is 8.33. The highest BCUT2D eigenvalue weighted by Gasteiger charge is 2.00. The highest BCUT2D eigenvalue weighted by Crippen LogP contribution is 2.10. The molecule has 0 N–H and O–H groups in total. The van der Waals surface area contributed by atoms with Crippen LogP contribution in [0.1, 0.15) is 27.2 Å². The van der Waals surface area contributed by atoms with Crippen molar-refractivity contribution < 1.29 is 0 Å². The summed E-state index contributed by atoms with van der Waals surface area (Å²) in [6.45, 7) is 7.29. The van der Waals surface area contributed by atoms with Crippen molar-refractivity contribution in [3.63, 3.8) is 0 Å². The molecule has 128 valence electrons. The van der Waals surface area contributed by atoms with Gasteiger partial charge < -0.3 is 4.90 Å². The van der Waals surface area contributed by atoms with Crippen LogP contribution < -0.4 is 0 Å². The van der Waals surface area contributed by atoms with E-state index >= 15 is 0 Å². The van der Waals surface area contributed by atoms with E-state index in [-0.39, 0.29) is 0 Å². The average Bonchev–Trinajstić information content (AvgIpc) is 2.81. The second kappa shape index (κ2) is 12.1. The Kier molecular flexibility index (Phi) is 9.95. The monoisotopic (exact) mass is 322 g/mol. The van der Waals surface area contributed by atoms with Crippen LogP contribution in [-0.2, 0) is 0 Å². The van der Waals surface area contributed by atoms with Crippen LogP contribution in [-0.4, -0.2) is 24.7 Å². The molecule has 1 aliphatic heterocycles. The molecule has 0 amide bonds. The van der Waals surface area contributed by atoms with E-state index in [9.17, 15) is 0 Å². The van der Waals surface area contributed by atoms with Crippen molar-refractivity contribution in [3.8, 4) is 0 Å². The number of allylic oxidation sites excluding steroid dienone is 10. The third-order valence-electron chi connectivity index (χ3n) is 3.69. The molecule has 0 aromatic rings. The van der Waals surface area contributed by atoms with E-state index in [0.29, 0.717) is 5.92 Å². The van der Waals surface area contributed by atoms with Gasteiger partial charge in [-0.25, -0.2) is 0 Å². The first-order valence-electron chi connectivity index (χ1n) is 8.61. The molecule has 0 fully saturated rings. The summed E-state index contributed by atoms with van der Waals surface area (Å²) in [6.07, 6.45) is 28.4. The van der Waals surface area contributed by atoms with Crippen molar-refractivity contribution in [3.05, 3.63) is 84.3 Å². The molecule has 0 saturated carbocycles. The largest absolute Gasteiger partial charge is 0.350 e. The molecule has 1 rings (SSSR count). The van der Waals surface area contributed by atoms with E-state index in [2.05, 4.69) is 90.8 Å². The maximum absolute atomic E-state index is 4.03. The first-order valence-corrected chi connectivity index (χ1v) is 8.61. The van der Waals surface area contributed by atoms with Gasteiger partial charge in [0.15, 0.2) is 0 Å². The Balaban J connectivity index is 2.67. The Morgan fingerprint density at radius 3 is 2.83 bits per heavy atom. The van der Waals surface area contributed by atoms with Crippen LogP contribution in [0.2, 0.25) is 0 Å². The lowest BCUT2D eigenvalue weighted by atomic mass is 10.1. The standard InChI is InChI=1S/C22H30N2/c1-5-10-22(14-16-23-4)19-24-17-9-13-21(15-18-24)12-8-7-11-20(3)6-2/h5,7-18,20H,6,19H2,1-4H3/b10-5-,11-7-,12-8?,22-14+,23-16+. The Morgan fingerprint density at radius 2 is 2.12 bits per heavy atom. The van der Waals surface area contributed by atoms with Crippen LogP contribution in [0.3, 0.4) is 0 Å². The summed E-state index contributed by atoms with van der Waals surface area (Å²) in [7, 11) is 1.79. The zero-order chi connectivity index (χ0) is 17.6. The first kappa shape index (κ1) is 19.7. The van der Waals surface area contributed by atoms with Gasteiger partial charge in [0.2, 0.25) is 0 Å². The van der Waals surface area contributed by atoms with Crippen molar-refractivity contribution in [2.24, 2.45) is 10.9 Å². The van der Waals surface area contributed by atoms with Gasteiger partial charge in [0.05, 0.1) is 0 Å². The molecule has 1 aliphatic rings. The molecule has 0 radical (unpaired) electrons. The molecule has 1 heterocycles. The molecule has 0 aromatic carbocycles. The van der Waals surface area contributed by atoms with Crippen LogP contribution >= 0.6 is 0 Å². The lowest BCUT2D eigenvalue weighted by Crippen LogP contribution is -2.12. The highest BCUT2D eigenvalue weighted by atomic mass is 15.1. The Bertz CT molecular complexity index is 595. The van der Waals surface area contributed by atoms with Gasteiger partial charge in [0, 0.05) is 32.2 Å². The van der Waals surface area contributed by atoms with E-state index in [1.807, 2.05) is 19.2 Å². The summed E-state index contributed by atoms with van der Waals surface area (Å²) in [5.41, 5.74) is 2.40. The zero-order valence-electron chi connectivity index (χ0n) is 15.4. The van der Waals surface area contributed by atoms with E-state index < -0.39 is 0 Å². The maximum atomic E-state index is 4.03. The number of rotatable bonds is 8. The molecule has 0 aliphatic carbocycles. The lowest BCUT2D eigenvalue weighted by molar-refractivity contribution is 0.557. The van der Waals surface area contributed by atoms with Crippen molar-refractivity contribution in [1.29, 1.82) is 0 Å². The van der Waals surface area contributed by atoms with Crippen molar-refractivity contribution in [2.45, 2.75) is 27.2 Å². The quantitative estimate of drug-likeness (QED) is 0.418. The summed E-state index contributed by atoms with van der Waals surface area (Å²) in [4.78, 5) is 6.19. The molecular formula is C22H30N2. The second-order valence-electron chi connectivity index (χ2n) is 5.77. The maximum Gasteiger partial charge on any atom is 0.0470 e. The van der Waals surface area contributed by atoms with Gasteiger partial charge in [-0.05, 0) is 42.2 Å². The van der Waals surface area contributed by atoms with Gasteiger partial charge in [-0.2, -0.15) is 0 Å². The zero-order valence-corrected chi connectivity index (χ0v) is 15.4. The van der Waals surface area contributed by atoms with E-state index in [1.54, 1.807) is 7.05 Å². The number of hydrogen-bond donors (Lipinski definition) is 0. The van der Waals surface area contributed by atoms with Gasteiger partial charge in [-0.3, -0.25) is 4.99 Å².